The van der Waals surface area contributed by atoms with E-state index in [-0.39, 0.29) is 17.7 Å². The summed E-state index contributed by atoms with van der Waals surface area (Å²) in [5.41, 5.74) is 9.00. The van der Waals surface area contributed by atoms with Crippen molar-refractivity contribution in [1.29, 1.82) is 0 Å². The zero-order chi connectivity index (χ0) is 25.4. The van der Waals surface area contributed by atoms with Crippen molar-refractivity contribution in [3.8, 4) is 11.1 Å². The molecule has 186 valence electrons. The third-order valence-electron chi connectivity index (χ3n) is 7.47. The van der Waals surface area contributed by atoms with Crippen LogP contribution in [0.2, 0.25) is 0 Å². The maximum Gasteiger partial charge on any atom is 0.253 e. The number of carbonyl (C=O) groups is 2. The molecule has 5 rings (SSSR count). The lowest BCUT2D eigenvalue weighted by atomic mass is 10.00. The SMILES string of the molecule is Cc1ccc(C)c(N2CCN(C(=O)c3ccc(-c4ccc5c(c4)CCN5C(=O)C(C)C)cc3)CC2)c1. The van der Waals surface area contributed by atoms with Gasteiger partial charge in [-0.15, -0.1) is 0 Å². The van der Waals surface area contributed by atoms with Crippen molar-refractivity contribution >= 4 is 23.2 Å². The molecule has 0 unspecified atom stereocenters. The van der Waals surface area contributed by atoms with Crippen molar-refractivity contribution in [2.24, 2.45) is 5.92 Å². The average molecular weight is 482 g/mol. The Hall–Kier alpha value is -3.60. The Bertz CT molecular complexity index is 1290. The molecule has 2 aliphatic heterocycles. The minimum atomic E-state index is -0.00432. The fourth-order valence-corrected chi connectivity index (χ4v) is 5.32. The molecule has 0 radical (unpaired) electrons. The van der Waals surface area contributed by atoms with Crippen molar-refractivity contribution in [1.82, 2.24) is 4.90 Å². The van der Waals surface area contributed by atoms with Gasteiger partial charge in [0.15, 0.2) is 0 Å². The topological polar surface area (TPSA) is 43.9 Å². The molecular weight excluding hydrogens is 446 g/mol. The number of amides is 2. The first-order chi connectivity index (χ1) is 17.3. The molecule has 1 saturated heterocycles. The number of carbonyl (C=O) groups excluding carboxylic acids is 2. The molecule has 0 aliphatic carbocycles. The Labute approximate surface area is 214 Å². The van der Waals surface area contributed by atoms with E-state index < -0.39 is 0 Å². The second-order valence-corrected chi connectivity index (χ2v) is 10.4. The van der Waals surface area contributed by atoms with E-state index in [1.54, 1.807) is 0 Å². The Morgan fingerprint density at radius 2 is 1.44 bits per heavy atom. The Balaban J connectivity index is 1.25. The van der Waals surface area contributed by atoms with Crippen LogP contribution in [0.15, 0.2) is 60.7 Å². The monoisotopic (exact) mass is 481 g/mol. The first-order valence-electron chi connectivity index (χ1n) is 13.0. The van der Waals surface area contributed by atoms with Crippen molar-refractivity contribution in [2.45, 2.75) is 34.1 Å². The first kappa shape index (κ1) is 24.1. The molecule has 2 aliphatic rings. The molecule has 0 spiro atoms. The smallest absolute Gasteiger partial charge is 0.253 e. The van der Waals surface area contributed by atoms with Crippen LogP contribution in [0.5, 0.6) is 0 Å². The van der Waals surface area contributed by atoms with Gasteiger partial charge in [0, 0.05) is 55.6 Å². The molecule has 0 saturated carbocycles. The highest BCUT2D eigenvalue weighted by molar-refractivity contribution is 5.97. The van der Waals surface area contributed by atoms with Crippen molar-refractivity contribution in [3.63, 3.8) is 0 Å². The molecule has 36 heavy (non-hydrogen) atoms. The van der Waals surface area contributed by atoms with Gasteiger partial charge in [0.2, 0.25) is 5.91 Å². The number of benzene rings is 3. The Kier molecular flexibility index (Phi) is 6.57. The third kappa shape index (κ3) is 4.62. The van der Waals surface area contributed by atoms with Crippen LogP contribution in [0, 0.1) is 19.8 Å². The van der Waals surface area contributed by atoms with Gasteiger partial charge in [-0.2, -0.15) is 0 Å². The Morgan fingerprint density at radius 1 is 0.750 bits per heavy atom. The second kappa shape index (κ2) is 9.81. The van der Waals surface area contributed by atoms with Gasteiger partial charge in [0.25, 0.3) is 5.91 Å². The van der Waals surface area contributed by atoms with E-state index in [1.807, 2.05) is 47.9 Å². The van der Waals surface area contributed by atoms with Gasteiger partial charge < -0.3 is 14.7 Å². The molecule has 5 heteroatoms. The minimum absolute atomic E-state index is 0.00432. The van der Waals surface area contributed by atoms with Gasteiger partial charge >= 0.3 is 0 Å². The van der Waals surface area contributed by atoms with E-state index >= 15 is 0 Å². The van der Waals surface area contributed by atoms with Crippen molar-refractivity contribution in [2.75, 3.05) is 42.5 Å². The number of hydrogen-bond acceptors (Lipinski definition) is 3. The van der Waals surface area contributed by atoms with Gasteiger partial charge in [-0.25, -0.2) is 0 Å². The number of rotatable bonds is 4. The molecule has 5 nitrogen and oxygen atoms in total. The molecule has 0 aromatic heterocycles. The quantitative estimate of drug-likeness (QED) is 0.496. The van der Waals surface area contributed by atoms with Gasteiger partial charge in [-0.1, -0.05) is 44.2 Å². The lowest BCUT2D eigenvalue weighted by Gasteiger charge is -2.37. The number of anilines is 2. The summed E-state index contributed by atoms with van der Waals surface area (Å²) in [7, 11) is 0. The molecule has 3 aromatic rings. The van der Waals surface area contributed by atoms with Crippen LogP contribution in [0.25, 0.3) is 11.1 Å². The lowest BCUT2D eigenvalue weighted by Crippen LogP contribution is -2.49. The first-order valence-corrected chi connectivity index (χ1v) is 13.0. The van der Waals surface area contributed by atoms with Crippen LogP contribution in [-0.4, -0.2) is 49.4 Å². The fourth-order valence-electron chi connectivity index (χ4n) is 5.32. The van der Waals surface area contributed by atoms with Crippen LogP contribution in [0.3, 0.4) is 0 Å². The molecule has 3 aromatic carbocycles. The maximum absolute atomic E-state index is 13.2. The summed E-state index contributed by atoms with van der Waals surface area (Å²) in [5, 5.41) is 0. The highest BCUT2D eigenvalue weighted by Gasteiger charge is 2.27. The standard InChI is InChI=1S/C31H35N3O2/c1-21(2)30(35)34-14-13-27-20-26(11-12-28(27)34)24-7-9-25(10-8-24)31(36)33-17-15-32(16-18-33)29-19-22(3)5-6-23(29)4/h5-12,19-21H,13-18H2,1-4H3. The molecule has 0 bridgehead atoms. The van der Waals surface area contributed by atoms with E-state index in [0.717, 1.165) is 61.5 Å². The highest BCUT2D eigenvalue weighted by atomic mass is 16.2. The number of hydrogen-bond donors (Lipinski definition) is 0. The predicted octanol–water partition coefficient (Wildman–Crippen LogP) is 5.48. The van der Waals surface area contributed by atoms with Crippen LogP contribution < -0.4 is 9.80 Å². The molecule has 2 amide bonds. The zero-order valence-electron chi connectivity index (χ0n) is 21.8. The summed E-state index contributed by atoms with van der Waals surface area (Å²) in [6, 6.07) is 20.8. The largest absolute Gasteiger partial charge is 0.368 e. The van der Waals surface area contributed by atoms with E-state index in [1.165, 1.54) is 22.4 Å². The molecule has 1 fully saturated rings. The van der Waals surface area contributed by atoms with Crippen LogP contribution in [0.1, 0.15) is 40.9 Å². The van der Waals surface area contributed by atoms with E-state index in [9.17, 15) is 9.59 Å². The lowest BCUT2D eigenvalue weighted by molar-refractivity contribution is -0.121. The zero-order valence-corrected chi connectivity index (χ0v) is 21.8. The molecular formula is C31H35N3O2. The van der Waals surface area contributed by atoms with Crippen LogP contribution in [0.4, 0.5) is 11.4 Å². The number of piperazine rings is 1. The average Bonchev–Trinajstić information content (AvgIpc) is 3.32. The summed E-state index contributed by atoms with van der Waals surface area (Å²) in [6.45, 7) is 12.1. The van der Waals surface area contributed by atoms with Gasteiger partial charge in [-0.3, -0.25) is 9.59 Å². The summed E-state index contributed by atoms with van der Waals surface area (Å²) in [5.74, 6) is 0.272. The summed E-state index contributed by atoms with van der Waals surface area (Å²) in [6.07, 6.45) is 0.881. The maximum atomic E-state index is 13.2. The van der Waals surface area contributed by atoms with Crippen LogP contribution >= 0.6 is 0 Å². The van der Waals surface area contributed by atoms with Crippen molar-refractivity contribution in [3.05, 3.63) is 82.9 Å². The van der Waals surface area contributed by atoms with Crippen LogP contribution in [-0.2, 0) is 11.2 Å². The van der Waals surface area contributed by atoms with Crippen molar-refractivity contribution < 1.29 is 9.59 Å². The summed E-state index contributed by atoms with van der Waals surface area (Å²) >= 11 is 0. The van der Waals surface area contributed by atoms with E-state index in [2.05, 4.69) is 55.1 Å². The number of fused-ring (bicyclic) bond motifs is 1. The van der Waals surface area contributed by atoms with Gasteiger partial charge in [-0.05, 0) is 78.4 Å². The van der Waals surface area contributed by atoms with E-state index in [4.69, 9.17) is 0 Å². The summed E-state index contributed by atoms with van der Waals surface area (Å²) in [4.78, 5) is 32.0. The number of aryl methyl sites for hydroxylation is 2. The molecule has 0 atom stereocenters. The fraction of sp³-hybridized carbons (Fsp3) is 0.355. The predicted molar refractivity (Wildman–Crippen MR) is 147 cm³/mol. The van der Waals surface area contributed by atoms with Gasteiger partial charge in [0.05, 0.1) is 0 Å². The number of nitrogens with zero attached hydrogens (tertiary/aromatic N) is 3. The second-order valence-electron chi connectivity index (χ2n) is 10.4. The summed E-state index contributed by atoms with van der Waals surface area (Å²) < 4.78 is 0. The third-order valence-corrected chi connectivity index (χ3v) is 7.47. The van der Waals surface area contributed by atoms with E-state index in [0.29, 0.717) is 0 Å². The van der Waals surface area contributed by atoms with Gasteiger partial charge in [0.1, 0.15) is 0 Å². The normalized spacial score (nSPS) is 15.4. The minimum Gasteiger partial charge on any atom is -0.368 e. The molecule has 0 N–H and O–H groups in total. The molecule has 2 heterocycles. The Morgan fingerprint density at radius 3 is 2.14 bits per heavy atom. The highest BCUT2D eigenvalue weighted by Crippen LogP contribution is 2.33.